The van der Waals surface area contributed by atoms with E-state index >= 15 is 0 Å². The Balaban J connectivity index is 1.95. The molecule has 1 aliphatic rings. The molecule has 1 aliphatic heterocycles. The minimum atomic E-state index is -3.67. The van der Waals surface area contributed by atoms with E-state index in [0.717, 1.165) is 6.42 Å². The Labute approximate surface area is 164 Å². The maximum absolute atomic E-state index is 12.3. The third kappa shape index (κ3) is 5.17. The quantitative estimate of drug-likeness (QED) is 0.506. The highest BCUT2D eigenvalue weighted by Gasteiger charge is 2.33. The summed E-state index contributed by atoms with van der Waals surface area (Å²) in [7, 11) is -2.15. The number of carbonyl (C=O) groups is 3. The highest BCUT2D eigenvalue weighted by atomic mass is 32.2. The number of sulfonamides is 1. The second kappa shape index (κ2) is 9.47. The molecule has 0 spiro atoms. The van der Waals surface area contributed by atoms with Gasteiger partial charge in [0.15, 0.2) is 0 Å². The molecule has 28 heavy (non-hydrogen) atoms. The van der Waals surface area contributed by atoms with Gasteiger partial charge in [-0.25, -0.2) is 13.1 Å². The molecule has 1 unspecified atom stereocenters. The third-order valence-corrected chi connectivity index (χ3v) is 5.81. The van der Waals surface area contributed by atoms with Gasteiger partial charge in [0.25, 0.3) is 5.91 Å². The normalized spacial score (nSPS) is 16.5. The summed E-state index contributed by atoms with van der Waals surface area (Å²) in [5.41, 5.74) is 0.222. The number of hydrogen-bond acceptors (Lipinski definition) is 5. The van der Waals surface area contributed by atoms with Crippen LogP contribution in [0, 0.1) is 0 Å². The van der Waals surface area contributed by atoms with E-state index in [1.807, 2.05) is 0 Å². The van der Waals surface area contributed by atoms with E-state index in [0.29, 0.717) is 13.0 Å². The minimum Gasteiger partial charge on any atom is -0.357 e. The van der Waals surface area contributed by atoms with Crippen LogP contribution in [0.25, 0.3) is 0 Å². The van der Waals surface area contributed by atoms with Gasteiger partial charge in [-0.1, -0.05) is 6.08 Å². The van der Waals surface area contributed by atoms with Crippen LogP contribution in [0.5, 0.6) is 0 Å². The Hall–Kier alpha value is -2.72. The number of likely N-dealkylation sites (N-methyl/N-ethyl adjacent to an activating group) is 1. The van der Waals surface area contributed by atoms with E-state index in [-0.39, 0.29) is 35.4 Å². The Morgan fingerprint density at radius 3 is 2.54 bits per heavy atom. The van der Waals surface area contributed by atoms with Crippen LogP contribution in [-0.2, 0) is 19.6 Å². The molecule has 0 aliphatic carbocycles. The Morgan fingerprint density at radius 2 is 1.93 bits per heavy atom. The first-order valence-corrected chi connectivity index (χ1v) is 10.3. The Bertz CT molecular complexity index is 851. The summed E-state index contributed by atoms with van der Waals surface area (Å²) < 4.78 is 26.3. The topological polar surface area (TPSA) is 125 Å². The molecule has 1 aromatic rings. The molecule has 0 bridgehead atoms. The summed E-state index contributed by atoms with van der Waals surface area (Å²) in [5, 5.41) is 5.04. The molecule has 0 saturated carbocycles. The van der Waals surface area contributed by atoms with Gasteiger partial charge in [-0.05, 0) is 37.1 Å². The van der Waals surface area contributed by atoms with Crippen LogP contribution in [0.3, 0.4) is 0 Å². The Morgan fingerprint density at radius 1 is 1.25 bits per heavy atom. The highest BCUT2D eigenvalue weighted by molar-refractivity contribution is 7.89. The van der Waals surface area contributed by atoms with Crippen LogP contribution >= 0.6 is 0 Å². The van der Waals surface area contributed by atoms with Crippen molar-refractivity contribution in [1.29, 1.82) is 0 Å². The first-order chi connectivity index (χ1) is 13.3. The molecule has 0 radical (unpaired) electrons. The molecule has 3 amide bonds. The van der Waals surface area contributed by atoms with Gasteiger partial charge in [0, 0.05) is 25.7 Å². The van der Waals surface area contributed by atoms with E-state index in [2.05, 4.69) is 21.9 Å². The van der Waals surface area contributed by atoms with Gasteiger partial charge in [-0.15, -0.1) is 6.58 Å². The summed E-state index contributed by atoms with van der Waals surface area (Å²) in [4.78, 5) is 37.9. The molecule has 1 aromatic carbocycles. The monoisotopic (exact) mass is 408 g/mol. The predicted octanol–water partition coefficient (Wildman–Crippen LogP) is -0.382. The van der Waals surface area contributed by atoms with E-state index in [1.54, 1.807) is 0 Å². The average Bonchev–Trinajstić information content (AvgIpc) is 3.19. The van der Waals surface area contributed by atoms with Gasteiger partial charge in [0.1, 0.15) is 6.04 Å². The summed E-state index contributed by atoms with van der Waals surface area (Å²) in [5.74, 6) is -1.07. The highest BCUT2D eigenvalue weighted by Crippen LogP contribution is 2.17. The van der Waals surface area contributed by atoms with E-state index in [4.69, 9.17) is 0 Å². The predicted molar refractivity (Wildman–Crippen MR) is 103 cm³/mol. The number of nitrogens with one attached hydrogen (secondary N) is 3. The SMILES string of the molecule is C=CCNS(=O)(=O)c1ccc(C(=O)NCC(=O)N2CCCC2C(=O)NC)cc1. The standard InChI is InChI=1S/C18H24N4O5S/c1-3-10-21-28(26,27)14-8-6-13(7-9-14)17(24)20-12-16(23)22-11-4-5-15(22)18(25)19-2/h3,6-9,15,21H,1,4-5,10-12H2,2H3,(H,19,25)(H,20,24). The largest absolute Gasteiger partial charge is 0.357 e. The number of benzene rings is 1. The fourth-order valence-corrected chi connectivity index (χ4v) is 3.90. The van der Waals surface area contributed by atoms with Crippen molar-refractivity contribution in [3.05, 3.63) is 42.5 Å². The van der Waals surface area contributed by atoms with Gasteiger partial charge >= 0.3 is 0 Å². The maximum atomic E-state index is 12.3. The molecule has 152 valence electrons. The molecule has 3 N–H and O–H groups in total. The molecule has 1 fully saturated rings. The van der Waals surface area contributed by atoms with Crippen LogP contribution in [0.4, 0.5) is 0 Å². The summed E-state index contributed by atoms with van der Waals surface area (Å²) in [6.45, 7) is 3.77. The lowest BCUT2D eigenvalue weighted by molar-refractivity contribution is -0.137. The number of amides is 3. The van der Waals surface area contributed by atoms with E-state index < -0.39 is 22.0 Å². The zero-order chi connectivity index (χ0) is 20.7. The molecule has 0 aromatic heterocycles. The van der Waals surface area contributed by atoms with Gasteiger partial charge in [-0.3, -0.25) is 14.4 Å². The number of rotatable bonds is 8. The summed E-state index contributed by atoms with van der Waals surface area (Å²) in [6.07, 6.45) is 2.74. The van der Waals surface area contributed by atoms with Gasteiger partial charge in [0.05, 0.1) is 11.4 Å². The van der Waals surface area contributed by atoms with E-state index in [9.17, 15) is 22.8 Å². The van der Waals surface area contributed by atoms with Crippen LogP contribution in [-0.4, -0.2) is 63.8 Å². The van der Waals surface area contributed by atoms with Crippen molar-refractivity contribution in [3.8, 4) is 0 Å². The lowest BCUT2D eigenvalue weighted by atomic mass is 10.2. The van der Waals surface area contributed by atoms with Crippen LogP contribution in [0.1, 0.15) is 23.2 Å². The molecule has 10 heteroatoms. The zero-order valence-corrected chi connectivity index (χ0v) is 16.4. The molecule has 1 heterocycles. The maximum Gasteiger partial charge on any atom is 0.251 e. The number of carbonyl (C=O) groups excluding carboxylic acids is 3. The van der Waals surface area contributed by atoms with Crippen molar-refractivity contribution in [1.82, 2.24) is 20.3 Å². The molecule has 1 saturated heterocycles. The fraction of sp³-hybridized carbons (Fsp3) is 0.389. The van der Waals surface area contributed by atoms with Crippen molar-refractivity contribution in [3.63, 3.8) is 0 Å². The van der Waals surface area contributed by atoms with Crippen molar-refractivity contribution in [2.24, 2.45) is 0 Å². The molecule has 9 nitrogen and oxygen atoms in total. The van der Waals surface area contributed by atoms with Crippen LogP contribution in [0.2, 0.25) is 0 Å². The first-order valence-electron chi connectivity index (χ1n) is 8.80. The van der Waals surface area contributed by atoms with Crippen molar-refractivity contribution >= 4 is 27.7 Å². The minimum absolute atomic E-state index is 0.0208. The van der Waals surface area contributed by atoms with Gasteiger partial charge < -0.3 is 15.5 Å². The molecular formula is C18H24N4O5S. The summed E-state index contributed by atoms with van der Waals surface area (Å²) in [6, 6.07) is 4.84. The summed E-state index contributed by atoms with van der Waals surface area (Å²) >= 11 is 0. The van der Waals surface area contributed by atoms with Crippen molar-refractivity contribution in [2.75, 3.05) is 26.7 Å². The van der Waals surface area contributed by atoms with Crippen molar-refractivity contribution in [2.45, 2.75) is 23.8 Å². The first kappa shape index (κ1) is 21.6. The molecule has 2 rings (SSSR count). The van der Waals surface area contributed by atoms with E-state index in [1.165, 1.54) is 42.3 Å². The second-order valence-electron chi connectivity index (χ2n) is 6.21. The zero-order valence-electron chi connectivity index (χ0n) is 15.6. The van der Waals surface area contributed by atoms with Crippen LogP contribution < -0.4 is 15.4 Å². The Kier molecular flexibility index (Phi) is 7.30. The average molecular weight is 408 g/mol. The third-order valence-electron chi connectivity index (χ3n) is 4.37. The lowest BCUT2D eigenvalue weighted by Crippen LogP contribution is -2.48. The van der Waals surface area contributed by atoms with Crippen LogP contribution in [0.15, 0.2) is 41.8 Å². The molecule has 1 atom stereocenters. The smallest absolute Gasteiger partial charge is 0.251 e. The lowest BCUT2D eigenvalue weighted by Gasteiger charge is -2.23. The van der Waals surface area contributed by atoms with Gasteiger partial charge in [0.2, 0.25) is 21.8 Å². The fourth-order valence-electron chi connectivity index (χ4n) is 2.90. The second-order valence-corrected chi connectivity index (χ2v) is 7.97. The molecular weight excluding hydrogens is 384 g/mol. The number of likely N-dealkylation sites (tertiary alicyclic amines) is 1. The van der Waals surface area contributed by atoms with Gasteiger partial charge in [-0.2, -0.15) is 0 Å². The number of hydrogen-bond donors (Lipinski definition) is 3. The van der Waals surface area contributed by atoms with Crippen molar-refractivity contribution < 1.29 is 22.8 Å². The number of nitrogens with zero attached hydrogens (tertiary/aromatic N) is 1.